The fourth-order valence-electron chi connectivity index (χ4n) is 3.06. The molecule has 1 aromatic carbocycles. The minimum absolute atomic E-state index is 0.0743. The van der Waals surface area contributed by atoms with Gasteiger partial charge < -0.3 is 9.30 Å². The van der Waals surface area contributed by atoms with E-state index in [1.165, 1.54) is 24.8 Å². The van der Waals surface area contributed by atoms with Crippen LogP contribution in [-0.4, -0.2) is 23.2 Å². The summed E-state index contributed by atoms with van der Waals surface area (Å²) in [5, 5.41) is 0. The second-order valence-corrected chi connectivity index (χ2v) is 6.25. The highest BCUT2D eigenvalue weighted by Crippen LogP contribution is 2.20. The van der Waals surface area contributed by atoms with Gasteiger partial charge in [0.05, 0.1) is 6.10 Å². The molecule has 1 amide bonds. The highest BCUT2D eigenvalue weighted by atomic mass is 16.5. The molecule has 0 aliphatic heterocycles. The fourth-order valence-corrected chi connectivity index (χ4v) is 3.06. The quantitative estimate of drug-likeness (QED) is 0.847. The molecule has 1 aromatic heterocycles. The first-order chi connectivity index (χ1) is 11.8. The van der Waals surface area contributed by atoms with E-state index in [0.29, 0.717) is 12.0 Å². The Morgan fingerprint density at radius 3 is 2.58 bits per heavy atom. The number of carbonyl (C=O) groups is 1. The van der Waals surface area contributed by atoms with Gasteiger partial charge in [0.25, 0.3) is 5.91 Å². The summed E-state index contributed by atoms with van der Waals surface area (Å²) < 4.78 is 7.70. The Hall–Kier alpha value is -2.20. The number of ether oxygens (including phenoxy) is 1. The van der Waals surface area contributed by atoms with Crippen molar-refractivity contribution in [3.8, 4) is 0 Å². The third-order valence-corrected chi connectivity index (χ3v) is 4.35. The lowest BCUT2D eigenvalue weighted by atomic mass is 9.98. The summed E-state index contributed by atoms with van der Waals surface area (Å²) in [5.41, 5.74) is 1.84. The third-order valence-electron chi connectivity index (χ3n) is 4.35. The Morgan fingerprint density at radius 2 is 1.79 bits per heavy atom. The molecule has 0 saturated heterocycles. The van der Waals surface area contributed by atoms with Gasteiger partial charge in [0.15, 0.2) is 0 Å². The highest BCUT2D eigenvalue weighted by Gasteiger charge is 2.14. The van der Waals surface area contributed by atoms with Crippen LogP contribution in [0.15, 0.2) is 59.7 Å². The normalized spacial score (nSPS) is 16.2. The van der Waals surface area contributed by atoms with Crippen molar-refractivity contribution in [1.82, 2.24) is 4.57 Å². The van der Waals surface area contributed by atoms with E-state index in [1.54, 1.807) is 0 Å². The van der Waals surface area contributed by atoms with Crippen LogP contribution in [-0.2, 0) is 16.1 Å². The Labute approximate surface area is 142 Å². The zero-order valence-corrected chi connectivity index (χ0v) is 13.9. The largest absolute Gasteiger partial charge is 0.368 e. The number of hydrogen-bond acceptors (Lipinski definition) is 2. The molecule has 4 heteroatoms. The van der Waals surface area contributed by atoms with Crippen molar-refractivity contribution in [2.45, 2.75) is 44.8 Å². The first kappa shape index (κ1) is 16.7. The maximum Gasteiger partial charge on any atom is 0.273 e. The van der Waals surface area contributed by atoms with Gasteiger partial charge in [-0.2, -0.15) is 4.99 Å². The van der Waals surface area contributed by atoms with E-state index in [0.717, 1.165) is 12.8 Å². The maximum absolute atomic E-state index is 12.2. The lowest BCUT2D eigenvalue weighted by Crippen LogP contribution is -2.25. The molecule has 3 rings (SSSR count). The van der Waals surface area contributed by atoms with E-state index < -0.39 is 0 Å². The van der Waals surface area contributed by atoms with Crippen molar-refractivity contribution in [3.05, 3.63) is 65.8 Å². The molecule has 1 aliphatic rings. The highest BCUT2D eigenvalue weighted by molar-refractivity contribution is 5.78. The molecular formula is C20H24N2O2. The van der Waals surface area contributed by atoms with Crippen molar-refractivity contribution in [1.29, 1.82) is 0 Å². The molecule has 0 spiro atoms. The van der Waals surface area contributed by atoms with Gasteiger partial charge in [-0.05, 0) is 30.5 Å². The van der Waals surface area contributed by atoms with Crippen LogP contribution in [0.1, 0.15) is 37.7 Å². The maximum atomic E-state index is 12.2. The Kier molecular flexibility index (Phi) is 5.96. The Morgan fingerprint density at radius 1 is 1.04 bits per heavy atom. The molecule has 24 heavy (non-hydrogen) atoms. The zero-order valence-electron chi connectivity index (χ0n) is 13.9. The SMILES string of the molecule is O=C(COC1CCCCC1)N=c1ccccn1Cc1ccccc1. The van der Waals surface area contributed by atoms with Crippen LogP contribution in [0.2, 0.25) is 0 Å². The van der Waals surface area contributed by atoms with Gasteiger partial charge in [-0.3, -0.25) is 4.79 Å². The van der Waals surface area contributed by atoms with E-state index in [1.807, 2.05) is 47.2 Å². The first-order valence-electron chi connectivity index (χ1n) is 8.70. The minimum Gasteiger partial charge on any atom is -0.368 e. The van der Waals surface area contributed by atoms with E-state index in [-0.39, 0.29) is 18.6 Å². The molecule has 1 aliphatic carbocycles. The molecule has 0 bridgehead atoms. The molecule has 0 radical (unpaired) electrons. The average molecular weight is 324 g/mol. The van der Waals surface area contributed by atoms with Crippen molar-refractivity contribution >= 4 is 5.91 Å². The number of aromatic nitrogens is 1. The molecule has 0 N–H and O–H groups in total. The van der Waals surface area contributed by atoms with Crippen LogP contribution >= 0.6 is 0 Å². The lowest BCUT2D eigenvalue weighted by molar-refractivity contribution is -0.125. The monoisotopic (exact) mass is 324 g/mol. The van der Waals surface area contributed by atoms with Crippen LogP contribution in [0.25, 0.3) is 0 Å². The van der Waals surface area contributed by atoms with Crippen LogP contribution in [0.3, 0.4) is 0 Å². The number of pyridine rings is 1. The summed E-state index contributed by atoms with van der Waals surface area (Å²) in [7, 11) is 0. The smallest absolute Gasteiger partial charge is 0.273 e. The van der Waals surface area contributed by atoms with Gasteiger partial charge >= 0.3 is 0 Å². The van der Waals surface area contributed by atoms with Crippen molar-refractivity contribution < 1.29 is 9.53 Å². The van der Waals surface area contributed by atoms with Gasteiger partial charge in [-0.1, -0.05) is 55.7 Å². The predicted molar refractivity (Wildman–Crippen MR) is 93.4 cm³/mol. The molecule has 4 nitrogen and oxygen atoms in total. The number of nitrogens with zero attached hydrogens (tertiary/aromatic N) is 2. The standard InChI is InChI=1S/C20H24N2O2/c23-20(16-24-18-11-5-2-6-12-18)21-19-13-7-8-14-22(19)15-17-9-3-1-4-10-17/h1,3-4,7-10,13-14,18H,2,5-6,11-12,15-16H2. The number of hydrogen-bond donors (Lipinski definition) is 0. The molecule has 1 saturated carbocycles. The Balaban J connectivity index is 1.66. The van der Waals surface area contributed by atoms with Crippen LogP contribution in [0.4, 0.5) is 0 Å². The van der Waals surface area contributed by atoms with Crippen LogP contribution < -0.4 is 5.49 Å². The van der Waals surface area contributed by atoms with E-state index in [2.05, 4.69) is 17.1 Å². The van der Waals surface area contributed by atoms with Gasteiger partial charge in [0, 0.05) is 12.7 Å². The summed E-state index contributed by atoms with van der Waals surface area (Å²) in [6.07, 6.45) is 7.98. The van der Waals surface area contributed by atoms with E-state index in [9.17, 15) is 4.79 Å². The van der Waals surface area contributed by atoms with E-state index >= 15 is 0 Å². The summed E-state index contributed by atoms with van der Waals surface area (Å²) in [4.78, 5) is 16.4. The van der Waals surface area contributed by atoms with Crippen LogP contribution in [0.5, 0.6) is 0 Å². The molecule has 2 aromatic rings. The number of rotatable bonds is 5. The topological polar surface area (TPSA) is 43.6 Å². The first-order valence-corrected chi connectivity index (χ1v) is 8.70. The summed E-state index contributed by atoms with van der Waals surface area (Å²) in [6, 6.07) is 15.9. The molecule has 1 heterocycles. The number of amides is 1. The zero-order chi connectivity index (χ0) is 16.6. The second-order valence-electron chi connectivity index (χ2n) is 6.25. The average Bonchev–Trinajstić information content (AvgIpc) is 2.63. The minimum atomic E-state index is -0.214. The lowest BCUT2D eigenvalue weighted by Gasteiger charge is -2.21. The van der Waals surface area contributed by atoms with Crippen molar-refractivity contribution in [2.24, 2.45) is 4.99 Å². The van der Waals surface area contributed by atoms with Gasteiger partial charge in [-0.25, -0.2) is 0 Å². The molecule has 0 unspecified atom stereocenters. The predicted octanol–water partition coefficient (Wildman–Crippen LogP) is 3.31. The van der Waals surface area contributed by atoms with Crippen LogP contribution in [0, 0.1) is 0 Å². The molecular weight excluding hydrogens is 300 g/mol. The second kappa shape index (κ2) is 8.60. The summed E-state index contributed by atoms with van der Waals surface area (Å²) >= 11 is 0. The van der Waals surface area contributed by atoms with Crippen molar-refractivity contribution in [2.75, 3.05) is 6.61 Å². The van der Waals surface area contributed by atoms with E-state index in [4.69, 9.17) is 4.74 Å². The molecule has 1 fully saturated rings. The number of benzene rings is 1. The summed E-state index contributed by atoms with van der Waals surface area (Å²) in [5.74, 6) is -0.214. The van der Waals surface area contributed by atoms with Gasteiger partial charge in [0.2, 0.25) is 0 Å². The Bertz CT molecular complexity index is 716. The number of carbonyl (C=O) groups excluding carboxylic acids is 1. The third kappa shape index (κ3) is 4.90. The molecule has 0 atom stereocenters. The fraction of sp³-hybridized carbons (Fsp3) is 0.400. The van der Waals surface area contributed by atoms with Crippen molar-refractivity contribution in [3.63, 3.8) is 0 Å². The van der Waals surface area contributed by atoms with Gasteiger partial charge in [-0.15, -0.1) is 0 Å². The van der Waals surface area contributed by atoms with Gasteiger partial charge in [0.1, 0.15) is 12.1 Å². The summed E-state index contributed by atoms with van der Waals surface area (Å²) in [6.45, 7) is 0.766. The molecule has 126 valence electrons.